The van der Waals surface area contributed by atoms with Gasteiger partial charge in [-0.2, -0.15) is 0 Å². The Hall–Kier alpha value is -0.860. The zero-order chi connectivity index (χ0) is 10.5. The highest BCUT2D eigenvalue weighted by Crippen LogP contribution is 2.12. The summed E-state index contributed by atoms with van der Waals surface area (Å²) in [6.45, 7) is 5.03. The highest BCUT2D eigenvalue weighted by molar-refractivity contribution is 5.24. The first-order chi connectivity index (χ1) is 7.36. The van der Waals surface area contributed by atoms with Crippen LogP contribution in [-0.2, 0) is 11.3 Å². The summed E-state index contributed by atoms with van der Waals surface area (Å²) in [5, 5.41) is 3.36. The molecule has 0 aliphatic carbocycles. The summed E-state index contributed by atoms with van der Waals surface area (Å²) in [5.74, 6) is 0. The minimum Gasteiger partial charge on any atom is -0.372 e. The van der Waals surface area contributed by atoms with E-state index < -0.39 is 0 Å². The topological polar surface area (TPSA) is 21.3 Å². The number of piperidine rings is 1. The van der Waals surface area contributed by atoms with Crippen LogP contribution in [-0.4, -0.2) is 19.2 Å². The zero-order valence-corrected chi connectivity index (χ0v) is 9.33. The quantitative estimate of drug-likeness (QED) is 0.817. The molecule has 1 aliphatic rings. The molecule has 0 amide bonds. The van der Waals surface area contributed by atoms with Gasteiger partial charge in [-0.3, -0.25) is 0 Å². The van der Waals surface area contributed by atoms with Crippen molar-refractivity contribution < 1.29 is 4.74 Å². The Morgan fingerprint density at radius 3 is 3.00 bits per heavy atom. The molecule has 0 spiro atoms. The normalized spacial score (nSPS) is 21.5. The molecule has 0 saturated carbocycles. The molecule has 15 heavy (non-hydrogen) atoms. The number of benzene rings is 1. The van der Waals surface area contributed by atoms with Gasteiger partial charge in [0.25, 0.3) is 0 Å². The van der Waals surface area contributed by atoms with E-state index in [4.69, 9.17) is 4.74 Å². The summed E-state index contributed by atoms with van der Waals surface area (Å²) in [6.07, 6.45) is 2.83. The van der Waals surface area contributed by atoms with Gasteiger partial charge in [-0.1, -0.05) is 24.3 Å². The van der Waals surface area contributed by atoms with E-state index in [1.54, 1.807) is 0 Å². The minimum absolute atomic E-state index is 0.401. The molecule has 2 rings (SSSR count). The van der Waals surface area contributed by atoms with Crippen molar-refractivity contribution in [3.8, 4) is 0 Å². The SMILES string of the molecule is Cc1ccccc1CO[C@@H]1CCCNC1. The van der Waals surface area contributed by atoms with Gasteiger partial charge in [-0.15, -0.1) is 0 Å². The van der Waals surface area contributed by atoms with Crippen LogP contribution in [0.2, 0.25) is 0 Å². The maximum absolute atomic E-state index is 5.89. The summed E-state index contributed by atoms with van der Waals surface area (Å²) in [4.78, 5) is 0. The van der Waals surface area contributed by atoms with Crippen LogP contribution < -0.4 is 5.32 Å². The third kappa shape index (κ3) is 3.05. The number of nitrogens with one attached hydrogen (secondary N) is 1. The van der Waals surface area contributed by atoms with Gasteiger partial charge in [0, 0.05) is 6.54 Å². The molecule has 1 N–H and O–H groups in total. The monoisotopic (exact) mass is 205 g/mol. The standard InChI is InChI=1S/C13H19NO/c1-11-5-2-3-6-12(11)10-15-13-7-4-8-14-9-13/h2-3,5-6,13-14H,4,7-10H2,1H3/t13-/m1/s1. The summed E-state index contributed by atoms with van der Waals surface area (Å²) < 4.78 is 5.89. The molecule has 1 fully saturated rings. The molecule has 1 heterocycles. The van der Waals surface area contributed by atoms with E-state index in [0.29, 0.717) is 6.10 Å². The van der Waals surface area contributed by atoms with Crippen LogP contribution in [0.1, 0.15) is 24.0 Å². The second-order valence-corrected chi connectivity index (χ2v) is 4.21. The van der Waals surface area contributed by atoms with Crippen molar-refractivity contribution in [2.75, 3.05) is 13.1 Å². The fraction of sp³-hybridized carbons (Fsp3) is 0.538. The van der Waals surface area contributed by atoms with Crippen LogP contribution in [0.5, 0.6) is 0 Å². The van der Waals surface area contributed by atoms with Crippen LogP contribution >= 0.6 is 0 Å². The van der Waals surface area contributed by atoms with Crippen molar-refractivity contribution in [3.05, 3.63) is 35.4 Å². The van der Waals surface area contributed by atoms with Crippen molar-refractivity contribution in [2.24, 2.45) is 0 Å². The first-order valence-corrected chi connectivity index (χ1v) is 5.73. The molecular weight excluding hydrogens is 186 g/mol. The number of hydrogen-bond donors (Lipinski definition) is 1. The van der Waals surface area contributed by atoms with Crippen molar-refractivity contribution in [2.45, 2.75) is 32.5 Å². The molecular formula is C13H19NO. The minimum atomic E-state index is 0.401. The van der Waals surface area contributed by atoms with Crippen LogP contribution in [0.25, 0.3) is 0 Å². The van der Waals surface area contributed by atoms with E-state index in [0.717, 1.165) is 19.7 Å². The van der Waals surface area contributed by atoms with Crippen molar-refractivity contribution >= 4 is 0 Å². The van der Waals surface area contributed by atoms with E-state index in [2.05, 4.69) is 36.5 Å². The Morgan fingerprint density at radius 2 is 2.27 bits per heavy atom. The first kappa shape index (κ1) is 10.7. The van der Waals surface area contributed by atoms with Gasteiger partial charge in [-0.25, -0.2) is 0 Å². The Balaban J connectivity index is 1.84. The summed E-state index contributed by atoms with van der Waals surface area (Å²) in [6, 6.07) is 8.43. The van der Waals surface area contributed by atoms with Crippen LogP contribution in [0, 0.1) is 6.92 Å². The number of rotatable bonds is 3. The maximum Gasteiger partial charge on any atom is 0.0723 e. The lowest BCUT2D eigenvalue weighted by Crippen LogP contribution is -2.35. The smallest absolute Gasteiger partial charge is 0.0723 e. The van der Waals surface area contributed by atoms with Gasteiger partial charge in [0.15, 0.2) is 0 Å². The third-order valence-electron chi connectivity index (χ3n) is 2.99. The Morgan fingerprint density at radius 1 is 1.40 bits per heavy atom. The predicted octanol–water partition coefficient (Wildman–Crippen LogP) is 2.26. The van der Waals surface area contributed by atoms with Crippen molar-refractivity contribution in [1.29, 1.82) is 0 Å². The lowest BCUT2D eigenvalue weighted by atomic mass is 10.1. The average molecular weight is 205 g/mol. The fourth-order valence-corrected chi connectivity index (χ4v) is 1.94. The van der Waals surface area contributed by atoms with E-state index in [1.165, 1.54) is 24.0 Å². The van der Waals surface area contributed by atoms with Gasteiger partial charge in [0.1, 0.15) is 0 Å². The fourth-order valence-electron chi connectivity index (χ4n) is 1.94. The highest BCUT2D eigenvalue weighted by atomic mass is 16.5. The average Bonchev–Trinajstić information content (AvgIpc) is 2.29. The molecule has 0 aromatic heterocycles. The van der Waals surface area contributed by atoms with E-state index in [9.17, 15) is 0 Å². The van der Waals surface area contributed by atoms with Crippen LogP contribution in [0.3, 0.4) is 0 Å². The molecule has 1 atom stereocenters. The van der Waals surface area contributed by atoms with Crippen molar-refractivity contribution in [1.82, 2.24) is 5.32 Å². The lowest BCUT2D eigenvalue weighted by molar-refractivity contribution is 0.0250. The molecule has 1 aromatic carbocycles. The molecule has 1 aliphatic heterocycles. The number of hydrogen-bond acceptors (Lipinski definition) is 2. The molecule has 0 unspecified atom stereocenters. The lowest BCUT2D eigenvalue weighted by Gasteiger charge is -2.23. The van der Waals surface area contributed by atoms with Gasteiger partial charge in [0.2, 0.25) is 0 Å². The summed E-state index contributed by atoms with van der Waals surface area (Å²) in [7, 11) is 0. The van der Waals surface area contributed by atoms with Gasteiger partial charge in [0.05, 0.1) is 12.7 Å². The van der Waals surface area contributed by atoms with Gasteiger partial charge >= 0.3 is 0 Å². The van der Waals surface area contributed by atoms with Crippen molar-refractivity contribution in [3.63, 3.8) is 0 Å². The molecule has 2 nitrogen and oxygen atoms in total. The van der Waals surface area contributed by atoms with E-state index in [1.807, 2.05) is 0 Å². The Labute approximate surface area is 91.6 Å². The second kappa shape index (κ2) is 5.29. The number of aryl methyl sites for hydroxylation is 1. The molecule has 0 bridgehead atoms. The number of ether oxygens (including phenoxy) is 1. The molecule has 82 valence electrons. The molecule has 1 saturated heterocycles. The van der Waals surface area contributed by atoms with E-state index in [-0.39, 0.29) is 0 Å². The predicted molar refractivity (Wildman–Crippen MR) is 61.9 cm³/mol. The largest absolute Gasteiger partial charge is 0.372 e. The summed E-state index contributed by atoms with van der Waals surface area (Å²) >= 11 is 0. The highest BCUT2D eigenvalue weighted by Gasteiger charge is 2.13. The van der Waals surface area contributed by atoms with E-state index >= 15 is 0 Å². The first-order valence-electron chi connectivity index (χ1n) is 5.73. The van der Waals surface area contributed by atoms with Crippen LogP contribution in [0.15, 0.2) is 24.3 Å². The zero-order valence-electron chi connectivity index (χ0n) is 9.33. The Bertz CT molecular complexity index is 305. The van der Waals surface area contributed by atoms with Gasteiger partial charge in [-0.05, 0) is 37.4 Å². The third-order valence-corrected chi connectivity index (χ3v) is 2.99. The summed E-state index contributed by atoms with van der Waals surface area (Å²) in [5.41, 5.74) is 2.63. The Kier molecular flexibility index (Phi) is 3.75. The van der Waals surface area contributed by atoms with Crippen LogP contribution in [0.4, 0.5) is 0 Å². The maximum atomic E-state index is 5.89. The molecule has 0 radical (unpaired) electrons. The molecule has 1 aromatic rings. The van der Waals surface area contributed by atoms with Gasteiger partial charge < -0.3 is 10.1 Å². The molecule has 2 heteroatoms. The second-order valence-electron chi connectivity index (χ2n) is 4.21.